The number of rotatable bonds is 6. The Bertz CT molecular complexity index is 657. The minimum Gasteiger partial charge on any atom is -0.480 e. The van der Waals surface area contributed by atoms with Gasteiger partial charge in [-0.05, 0) is 28.6 Å². The van der Waals surface area contributed by atoms with Gasteiger partial charge in [-0.1, -0.05) is 48.5 Å². The number of hydrogen-bond donors (Lipinski definition) is 5. The molecule has 120 valence electrons. The highest BCUT2D eigenvalue weighted by Crippen LogP contribution is 2.21. The minimum absolute atomic E-state index is 0.217. The van der Waals surface area contributed by atoms with Crippen molar-refractivity contribution in [3.8, 4) is 0 Å². The summed E-state index contributed by atoms with van der Waals surface area (Å²) in [6, 6.07) is 12.2. The molecule has 2 aromatic carbocycles. The third kappa shape index (κ3) is 4.40. The van der Waals surface area contributed by atoms with Gasteiger partial charge in [0.15, 0.2) is 0 Å². The zero-order valence-electron chi connectivity index (χ0n) is 12.3. The summed E-state index contributed by atoms with van der Waals surface area (Å²) in [5.41, 5.74) is 7.87. The van der Waals surface area contributed by atoms with Gasteiger partial charge >= 0.3 is 13.1 Å². The molecule has 6 nitrogen and oxygen atoms in total. The van der Waals surface area contributed by atoms with Crippen molar-refractivity contribution < 1.29 is 25.1 Å². The molecule has 0 aliphatic rings. The van der Waals surface area contributed by atoms with Crippen LogP contribution in [-0.2, 0) is 11.2 Å². The van der Waals surface area contributed by atoms with Crippen LogP contribution < -0.4 is 11.2 Å². The first-order chi connectivity index (χ1) is 10.9. The lowest BCUT2D eigenvalue weighted by atomic mass is 9.80. The molecule has 0 saturated heterocycles. The first-order valence-electron chi connectivity index (χ1n) is 7.09. The van der Waals surface area contributed by atoms with E-state index in [1.165, 1.54) is 12.1 Å². The number of aliphatic hydroxyl groups excluding tert-OH is 1. The van der Waals surface area contributed by atoms with Crippen molar-refractivity contribution >= 4 is 18.6 Å². The number of carbonyl (C=O) groups is 1. The lowest BCUT2D eigenvalue weighted by molar-refractivity contribution is -0.138. The zero-order valence-corrected chi connectivity index (χ0v) is 12.3. The highest BCUT2D eigenvalue weighted by atomic mass is 16.4. The number of carboxylic acids is 1. The van der Waals surface area contributed by atoms with Crippen LogP contribution in [0.5, 0.6) is 0 Å². The van der Waals surface area contributed by atoms with Gasteiger partial charge in [0.1, 0.15) is 12.1 Å². The maximum absolute atomic E-state index is 10.7. The van der Waals surface area contributed by atoms with Crippen LogP contribution in [0.3, 0.4) is 0 Å². The van der Waals surface area contributed by atoms with Crippen LogP contribution in [0, 0.1) is 0 Å². The molecule has 2 atom stereocenters. The molecule has 23 heavy (non-hydrogen) atoms. The standard InChI is InChI=1S/C16H18BNO5/c18-14(16(20)21)9-10-1-3-11(4-2-10)15(19)12-5-7-13(8-6-12)17(22)23/h1-8,14-15,19,22-23H,9,18H2,(H,20,21)/t14-,15?/m0/s1. The second-order valence-corrected chi connectivity index (χ2v) is 5.33. The summed E-state index contributed by atoms with van der Waals surface area (Å²) in [5, 5.41) is 37.2. The first kappa shape index (κ1) is 17.2. The Balaban J connectivity index is 2.10. The summed E-state index contributed by atoms with van der Waals surface area (Å²) in [5.74, 6) is -1.06. The van der Waals surface area contributed by atoms with Gasteiger partial charge < -0.3 is 26.0 Å². The van der Waals surface area contributed by atoms with Crippen LogP contribution in [0.2, 0.25) is 0 Å². The van der Waals surface area contributed by atoms with E-state index >= 15 is 0 Å². The lowest BCUT2D eigenvalue weighted by Gasteiger charge is -2.13. The SMILES string of the molecule is N[C@@H](Cc1ccc(C(O)c2ccc(B(O)O)cc2)cc1)C(=O)O. The lowest BCUT2D eigenvalue weighted by Crippen LogP contribution is -2.32. The van der Waals surface area contributed by atoms with E-state index in [9.17, 15) is 9.90 Å². The molecular weight excluding hydrogens is 297 g/mol. The van der Waals surface area contributed by atoms with Crippen molar-refractivity contribution in [2.24, 2.45) is 5.73 Å². The summed E-state index contributed by atoms with van der Waals surface area (Å²) >= 11 is 0. The van der Waals surface area contributed by atoms with Gasteiger partial charge in [0, 0.05) is 0 Å². The van der Waals surface area contributed by atoms with E-state index < -0.39 is 25.2 Å². The van der Waals surface area contributed by atoms with Crippen molar-refractivity contribution in [2.75, 3.05) is 0 Å². The molecule has 7 heteroatoms. The molecule has 0 radical (unpaired) electrons. The maximum atomic E-state index is 10.7. The van der Waals surface area contributed by atoms with Gasteiger partial charge in [-0.3, -0.25) is 4.79 Å². The van der Waals surface area contributed by atoms with Crippen molar-refractivity contribution in [3.05, 3.63) is 65.2 Å². The van der Waals surface area contributed by atoms with E-state index in [-0.39, 0.29) is 6.42 Å². The van der Waals surface area contributed by atoms with Crippen molar-refractivity contribution in [2.45, 2.75) is 18.6 Å². The smallest absolute Gasteiger partial charge is 0.480 e. The Morgan fingerprint density at radius 1 is 1.00 bits per heavy atom. The van der Waals surface area contributed by atoms with Gasteiger partial charge in [-0.2, -0.15) is 0 Å². The Kier molecular flexibility index (Phi) is 5.52. The topological polar surface area (TPSA) is 124 Å². The molecule has 1 unspecified atom stereocenters. The Hall–Kier alpha value is -2.19. The largest absolute Gasteiger partial charge is 0.488 e. The van der Waals surface area contributed by atoms with Gasteiger partial charge in [0.25, 0.3) is 0 Å². The molecule has 0 amide bonds. The highest BCUT2D eigenvalue weighted by Gasteiger charge is 2.15. The van der Waals surface area contributed by atoms with Crippen LogP contribution in [0.15, 0.2) is 48.5 Å². The highest BCUT2D eigenvalue weighted by molar-refractivity contribution is 6.58. The molecule has 2 aromatic rings. The average Bonchev–Trinajstić information content (AvgIpc) is 2.55. The summed E-state index contributed by atoms with van der Waals surface area (Å²) in [6.07, 6.45) is -0.642. The fourth-order valence-electron chi connectivity index (χ4n) is 2.22. The first-order valence-corrected chi connectivity index (χ1v) is 7.09. The van der Waals surface area contributed by atoms with Gasteiger partial charge in [-0.15, -0.1) is 0 Å². The Morgan fingerprint density at radius 2 is 1.48 bits per heavy atom. The molecular formula is C16H18BNO5. The molecule has 6 N–H and O–H groups in total. The molecule has 0 fully saturated rings. The molecule has 2 rings (SSSR count). The minimum atomic E-state index is -1.54. The molecule has 0 saturated carbocycles. The fourth-order valence-corrected chi connectivity index (χ4v) is 2.22. The maximum Gasteiger partial charge on any atom is 0.488 e. The van der Waals surface area contributed by atoms with Crippen LogP contribution >= 0.6 is 0 Å². The molecule has 0 spiro atoms. The second-order valence-electron chi connectivity index (χ2n) is 5.33. The van der Waals surface area contributed by atoms with Gasteiger partial charge in [0.2, 0.25) is 0 Å². The quantitative estimate of drug-likeness (QED) is 0.454. The predicted molar refractivity (Wildman–Crippen MR) is 86.1 cm³/mol. The molecule has 0 aromatic heterocycles. The molecule has 0 aliphatic heterocycles. The number of aliphatic carboxylic acids is 1. The van der Waals surface area contributed by atoms with E-state index in [1.807, 2.05) is 0 Å². The van der Waals surface area contributed by atoms with E-state index in [0.29, 0.717) is 16.6 Å². The number of benzene rings is 2. The summed E-state index contributed by atoms with van der Waals surface area (Å²) in [6.45, 7) is 0. The average molecular weight is 315 g/mol. The predicted octanol–water partition coefficient (Wildman–Crippen LogP) is -0.598. The van der Waals surface area contributed by atoms with Crippen molar-refractivity contribution in [3.63, 3.8) is 0 Å². The Morgan fingerprint density at radius 3 is 1.91 bits per heavy atom. The van der Waals surface area contributed by atoms with E-state index in [2.05, 4.69) is 0 Å². The summed E-state index contributed by atoms with van der Waals surface area (Å²) < 4.78 is 0. The normalized spacial score (nSPS) is 13.4. The second kappa shape index (κ2) is 7.39. The number of hydrogen-bond acceptors (Lipinski definition) is 5. The number of aliphatic hydroxyl groups is 1. The molecule has 0 aliphatic carbocycles. The zero-order chi connectivity index (χ0) is 17.0. The third-order valence-electron chi connectivity index (χ3n) is 3.62. The number of nitrogens with two attached hydrogens (primary N) is 1. The van der Waals surface area contributed by atoms with Crippen LogP contribution in [0.4, 0.5) is 0 Å². The molecule has 0 heterocycles. The third-order valence-corrected chi connectivity index (χ3v) is 3.62. The summed E-state index contributed by atoms with van der Waals surface area (Å²) in [7, 11) is -1.54. The number of carboxylic acid groups (broad SMARTS) is 1. The van der Waals surface area contributed by atoms with Crippen molar-refractivity contribution in [1.29, 1.82) is 0 Å². The van der Waals surface area contributed by atoms with Gasteiger partial charge in [-0.25, -0.2) is 0 Å². The van der Waals surface area contributed by atoms with Gasteiger partial charge in [0.05, 0.1) is 0 Å². The van der Waals surface area contributed by atoms with E-state index in [0.717, 1.165) is 5.56 Å². The van der Waals surface area contributed by atoms with Crippen LogP contribution in [0.25, 0.3) is 0 Å². The summed E-state index contributed by atoms with van der Waals surface area (Å²) in [4.78, 5) is 10.7. The Labute approximate surface area is 134 Å². The van der Waals surface area contributed by atoms with E-state index in [4.69, 9.17) is 20.9 Å². The van der Waals surface area contributed by atoms with E-state index in [1.54, 1.807) is 36.4 Å². The molecule has 0 bridgehead atoms. The van der Waals surface area contributed by atoms with Crippen LogP contribution in [-0.4, -0.2) is 39.4 Å². The van der Waals surface area contributed by atoms with Crippen molar-refractivity contribution in [1.82, 2.24) is 0 Å². The van der Waals surface area contributed by atoms with Crippen LogP contribution in [0.1, 0.15) is 22.8 Å². The monoisotopic (exact) mass is 315 g/mol. The fraction of sp³-hybridized carbons (Fsp3) is 0.188.